The monoisotopic (exact) mass is 197 g/mol. The number of rotatable bonds is 4. The highest BCUT2D eigenvalue weighted by atomic mass is 16.6. The first-order chi connectivity index (χ1) is 6.70. The lowest BCUT2D eigenvalue weighted by atomic mass is 10.1. The molecule has 0 aliphatic rings. The molecule has 0 aliphatic heterocycles. The minimum Gasteiger partial charge on any atom is -0.507 e. The summed E-state index contributed by atoms with van der Waals surface area (Å²) in [4.78, 5) is 4.47. The summed E-state index contributed by atoms with van der Waals surface area (Å²) < 4.78 is 5.12. The summed E-state index contributed by atoms with van der Waals surface area (Å²) >= 11 is 0. The molecule has 0 saturated carbocycles. The van der Waals surface area contributed by atoms with E-state index in [2.05, 4.69) is 4.84 Å². The van der Waals surface area contributed by atoms with E-state index < -0.39 is 0 Å². The van der Waals surface area contributed by atoms with E-state index in [1.54, 1.807) is 13.2 Å². The zero-order valence-corrected chi connectivity index (χ0v) is 8.41. The number of hydrogen-bond acceptors (Lipinski definition) is 4. The molecule has 0 heterocycles. The maximum absolute atomic E-state index is 9.76. The molecule has 0 spiro atoms. The summed E-state index contributed by atoms with van der Waals surface area (Å²) in [5, 5.41) is 9.76. The Kier molecular flexibility index (Phi) is 3.73. The van der Waals surface area contributed by atoms with Gasteiger partial charge in [0.1, 0.15) is 11.5 Å². The van der Waals surface area contributed by atoms with Crippen LogP contribution in [0.4, 0.5) is 0 Å². The van der Waals surface area contributed by atoms with E-state index in [4.69, 9.17) is 10.6 Å². The van der Waals surface area contributed by atoms with Gasteiger partial charge in [-0.2, -0.15) is 0 Å². The SMILES string of the molecule is COc1ccc(C)c(O)c1CCON. The van der Waals surface area contributed by atoms with Crippen LogP contribution in [-0.2, 0) is 11.3 Å². The van der Waals surface area contributed by atoms with Gasteiger partial charge in [-0.1, -0.05) is 6.07 Å². The van der Waals surface area contributed by atoms with E-state index in [0.717, 1.165) is 11.1 Å². The molecule has 0 aliphatic carbocycles. The van der Waals surface area contributed by atoms with Crippen molar-refractivity contribution in [1.82, 2.24) is 0 Å². The van der Waals surface area contributed by atoms with Crippen LogP contribution in [0.25, 0.3) is 0 Å². The third-order valence-electron chi connectivity index (χ3n) is 2.13. The van der Waals surface area contributed by atoms with Crippen molar-refractivity contribution in [3.63, 3.8) is 0 Å². The molecule has 1 rings (SSSR count). The number of phenolic OH excluding ortho intramolecular Hbond substituents is 1. The molecule has 0 unspecified atom stereocenters. The summed E-state index contributed by atoms with van der Waals surface area (Å²) in [7, 11) is 1.57. The molecule has 0 saturated heterocycles. The fourth-order valence-corrected chi connectivity index (χ4v) is 1.33. The van der Waals surface area contributed by atoms with Crippen molar-refractivity contribution in [3.05, 3.63) is 23.3 Å². The molecule has 0 radical (unpaired) electrons. The summed E-state index contributed by atoms with van der Waals surface area (Å²) in [5.41, 5.74) is 1.55. The van der Waals surface area contributed by atoms with Gasteiger partial charge < -0.3 is 14.7 Å². The molecular formula is C10H15NO3. The predicted octanol–water partition coefficient (Wildman–Crippen LogP) is 1.14. The number of aromatic hydroxyl groups is 1. The van der Waals surface area contributed by atoms with Gasteiger partial charge in [-0.05, 0) is 18.6 Å². The van der Waals surface area contributed by atoms with E-state index >= 15 is 0 Å². The number of phenols is 1. The fourth-order valence-electron chi connectivity index (χ4n) is 1.33. The van der Waals surface area contributed by atoms with Crippen LogP contribution < -0.4 is 10.6 Å². The second-order valence-corrected chi connectivity index (χ2v) is 3.03. The fraction of sp³-hybridized carbons (Fsp3) is 0.400. The first kappa shape index (κ1) is 10.8. The van der Waals surface area contributed by atoms with Crippen molar-refractivity contribution in [2.75, 3.05) is 13.7 Å². The van der Waals surface area contributed by atoms with Crippen LogP contribution in [0.2, 0.25) is 0 Å². The third kappa shape index (κ3) is 2.16. The maximum Gasteiger partial charge on any atom is 0.125 e. The largest absolute Gasteiger partial charge is 0.507 e. The van der Waals surface area contributed by atoms with Crippen LogP contribution >= 0.6 is 0 Å². The highest BCUT2D eigenvalue weighted by Crippen LogP contribution is 2.30. The third-order valence-corrected chi connectivity index (χ3v) is 2.13. The Hall–Kier alpha value is -1.26. The van der Waals surface area contributed by atoms with E-state index in [1.165, 1.54) is 0 Å². The first-order valence-corrected chi connectivity index (χ1v) is 4.37. The van der Waals surface area contributed by atoms with Crippen molar-refractivity contribution >= 4 is 0 Å². The zero-order chi connectivity index (χ0) is 10.6. The zero-order valence-electron chi connectivity index (χ0n) is 8.41. The van der Waals surface area contributed by atoms with Gasteiger partial charge in [0.15, 0.2) is 0 Å². The van der Waals surface area contributed by atoms with Gasteiger partial charge in [0, 0.05) is 12.0 Å². The lowest BCUT2D eigenvalue weighted by molar-refractivity contribution is 0.140. The van der Waals surface area contributed by atoms with Crippen molar-refractivity contribution in [3.8, 4) is 11.5 Å². The van der Waals surface area contributed by atoms with Crippen LogP contribution in [0.15, 0.2) is 12.1 Å². The normalized spacial score (nSPS) is 10.2. The predicted molar refractivity (Wildman–Crippen MR) is 53.2 cm³/mol. The van der Waals surface area contributed by atoms with Gasteiger partial charge in [-0.3, -0.25) is 0 Å². The van der Waals surface area contributed by atoms with Crippen molar-refractivity contribution < 1.29 is 14.7 Å². The van der Waals surface area contributed by atoms with Gasteiger partial charge in [0.2, 0.25) is 0 Å². The summed E-state index contributed by atoms with van der Waals surface area (Å²) in [6, 6.07) is 3.63. The van der Waals surface area contributed by atoms with Gasteiger partial charge in [0.25, 0.3) is 0 Å². The average Bonchev–Trinajstić information content (AvgIpc) is 2.20. The number of aryl methyl sites for hydroxylation is 1. The molecule has 3 N–H and O–H groups in total. The summed E-state index contributed by atoms with van der Waals surface area (Å²) in [5.74, 6) is 5.84. The Balaban J connectivity index is 3.01. The number of nitrogens with two attached hydrogens (primary N) is 1. The molecular weight excluding hydrogens is 182 g/mol. The van der Waals surface area contributed by atoms with Gasteiger partial charge in [0.05, 0.1) is 13.7 Å². The second-order valence-electron chi connectivity index (χ2n) is 3.03. The Morgan fingerprint density at radius 2 is 2.14 bits per heavy atom. The molecule has 0 amide bonds. The van der Waals surface area contributed by atoms with Crippen molar-refractivity contribution in [2.24, 2.45) is 5.90 Å². The van der Waals surface area contributed by atoms with E-state index in [0.29, 0.717) is 18.8 Å². The lowest BCUT2D eigenvalue weighted by Gasteiger charge is -2.11. The number of ether oxygens (including phenoxy) is 1. The molecule has 0 aromatic heterocycles. The molecule has 1 aromatic carbocycles. The number of benzene rings is 1. The quantitative estimate of drug-likeness (QED) is 0.710. The summed E-state index contributed by atoms with van der Waals surface area (Å²) in [6.07, 6.45) is 0.535. The molecule has 4 nitrogen and oxygen atoms in total. The van der Waals surface area contributed by atoms with Crippen LogP contribution in [0.3, 0.4) is 0 Å². The molecule has 0 atom stereocenters. The highest BCUT2D eigenvalue weighted by molar-refractivity contribution is 5.48. The molecule has 0 bridgehead atoms. The van der Waals surface area contributed by atoms with E-state index in [-0.39, 0.29) is 5.75 Å². The maximum atomic E-state index is 9.76. The van der Waals surface area contributed by atoms with Crippen LogP contribution in [0, 0.1) is 6.92 Å². The van der Waals surface area contributed by atoms with Crippen LogP contribution in [-0.4, -0.2) is 18.8 Å². The molecule has 4 heteroatoms. The molecule has 1 aromatic rings. The van der Waals surface area contributed by atoms with Crippen molar-refractivity contribution in [1.29, 1.82) is 0 Å². The van der Waals surface area contributed by atoms with Crippen LogP contribution in [0.1, 0.15) is 11.1 Å². The lowest BCUT2D eigenvalue weighted by Crippen LogP contribution is -2.05. The van der Waals surface area contributed by atoms with Gasteiger partial charge >= 0.3 is 0 Å². The summed E-state index contributed by atoms with van der Waals surface area (Å²) in [6.45, 7) is 2.19. The first-order valence-electron chi connectivity index (χ1n) is 4.37. The molecule has 0 fully saturated rings. The number of hydrogen-bond donors (Lipinski definition) is 2. The van der Waals surface area contributed by atoms with Crippen LogP contribution in [0.5, 0.6) is 11.5 Å². The Labute approximate surface area is 83.2 Å². The van der Waals surface area contributed by atoms with Gasteiger partial charge in [-0.25, -0.2) is 5.90 Å². The number of methoxy groups -OCH3 is 1. The van der Waals surface area contributed by atoms with E-state index in [1.807, 2.05) is 13.0 Å². The smallest absolute Gasteiger partial charge is 0.125 e. The van der Waals surface area contributed by atoms with E-state index in [9.17, 15) is 5.11 Å². The minimum atomic E-state index is 0.251. The minimum absolute atomic E-state index is 0.251. The standard InChI is InChI=1S/C10H15NO3/c1-7-3-4-9(13-2)8(10(7)12)5-6-14-11/h3-4,12H,5-6,11H2,1-2H3. The topological polar surface area (TPSA) is 64.7 Å². The average molecular weight is 197 g/mol. The van der Waals surface area contributed by atoms with Crippen molar-refractivity contribution in [2.45, 2.75) is 13.3 Å². The Morgan fingerprint density at radius 1 is 1.43 bits per heavy atom. The van der Waals surface area contributed by atoms with Gasteiger partial charge in [-0.15, -0.1) is 0 Å². The molecule has 14 heavy (non-hydrogen) atoms. The Bertz CT molecular complexity index is 312. The Morgan fingerprint density at radius 3 is 2.71 bits per heavy atom. The highest BCUT2D eigenvalue weighted by Gasteiger charge is 2.10. The second kappa shape index (κ2) is 4.83. The molecule has 78 valence electrons.